The van der Waals surface area contributed by atoms with Gasteiger partial charge < -0.3 is 14.1 Å². The van der Waals surface area contributed by atoms with Crippen LogP contribution in [0.5, 0.6) is 5.75 Å². The Morgan fingerprint density at radius 2 is 1.92 bits per heavy atom. The summed E-state index contributed by atoms with van der Waals surface area (Å²) in [6.45, 7) is 3.58. The highest BCUT2D eigenvalue weighted by Crippen LogP contribution is 2.35. The van der Waals surface area contributed by atoms with E-state index in [-0.39, 0.29) is 34.3 Å². The van der Waals surface area contributed by atoms with Gasteiger partial charge in [-0.3, -0.25) is 14.4 Å². The molecule has 6 heteroatoms. The molecule has 0 saturated carbocycles. The number of hydrogen-bond acceptors (Lipinski definition) is 5. The zero-order valence-corrected chi connectivity index (χ0v) is 13.7. The molecule has 3 aromatic rings. The van der Waals surface area contributed by atoms with Crippen molar-refractivity contribution in [1.82, 2.24) is 4.98 Å². The second-order valence-corrected chi connectivity index (χ2v) is 6.31. The average Bonchev–Trinajstić information content (AvgIpc) is 2.54. The summed E-state index contributed by atoms with van der Waals surface area (Å²) >= 11 is 0. The van der Waals surface area contributed by atoms with E-state index in [2.05, 4.69) is 4.98 Å². The number of hydrogen-bond donors (Lipinski definition) is 1. The first kappa shape index (κ1) is 15.4. The van der Waals surface area contributed by atoms with Gasteiger partial charge in [-0.1, -0.05) is 11.6 Å². The van der Waals surface area contributed by atoms with Gasteiger partial charge >= 0.3 is 5.97 Å². The predicted molar refractivity (Wildman–Crippen MR) is 91.1 cm³/mol. The third-order valence-electron chi connectivity index (χ3n) is 4.44. The fourth-order valence-corrected chi connectivity index (χ4v) is 3.28. The van der Waals surface area contributed by atoms with E-state index in [1.54, 1.807) is 25.1 Å². The van der Waals surface area contributed by atoms with Crippen molar-refractivity contribution in [3.05, 3.63) is 73.5 Å². The molecule has 1 atom stereocenters. The molecule has 0 bridgehead atoms. The van der Waals surface area contributed by atoms with Gasteiger partial charge in [0.05, 0.1) is 23.6 Å². The molecule has 3 heterocycles. The zero-order chi connectivity index (χ0) is 17.7. The second kappa shape index (κ2) is 5.44. The van der Waals surface area contributed by atoms with Gasteiger partial charge in [-0.15, -0.1) is 0 Å². The minimum atomic E-state index is -0.693. The topological polar surface area (TPSA) is 89.4 Å². The molecule has 4 rings (SSSR count). The minimum Gasteiger partial charge on any atom is -0.464 e. The summed E-state index contributed by atoms with van der Waals surface area (Å²) in [7, 11) is 0. The molecule has 0 spiro atoms. The molecule has 1 aliphatic rings. The van der Waals surface area contributed by atoms with Crippen molar-refractivity contribution in [3.8, 4) is 5.75 Å². The first-order chi connectivity index (χ1) is 11.9. The molecule has 2 aromatic heterocycles. The number of pyridine rings is 1. The van der Waals surface area contributed by atoms with Crippen LogP contribution in [0.2, 0.25) is 0 Å². The molecule has 0 unspecified atom stereocenters. The summed E-state index contributed by atoms with van der Waals surface area (Å²) in [6.07, 6.45) is 1.26. The molecule has 0 aliphatic carbocycles. The highest BCUT2D eigenvalue weighted by atomic mass is 16.5. The van der Waals surface area contributed by atoms with E-state index in [4.69, 9.17) is 9.15 Å². The lowest BCUT2D eigenvalue weighted by atomic mass is 9.87. The van der Waals surface area contributed by atoms with Gasteiger partial charge in [0.2, 0.25) is 0 Å². The largest absolute Gasteiger partial charge is 0.464 e. The van der Waals surface area contributed by atoms with E-state index in [9.17, 15) is 14.4 Å². The molecule has 6 nitrogen and oxygen atoms in total. The number of carbonyl (C=O) groups excluding carboxylic acids is 1. The number of aryl methyl sites for hydroxylation is 2. The van der Waals surface area contributed by atoms with Gasteiger partial charge in [0.15, 0.2) is 5.43 Å². The van der Waals surface area contributed by atoms with Gasteiger partial charge in [-0.05, 0) is 26.0 Å². The van der Waals surface area contributed by atoms with Crippen molar-refractivity contribution < 1.29 is 13.9 Å². The molecule has 1 aromatic carbocycles. The van der Waals surface area contributed by atoms with Gasteiger partial charge in [0, 0.05) is 23.2 Å². The third kappa shape index (κ3) is 2.46. The molecule has 1 aliphatic heterocycles. The molecule has 126 valence electrons. The zero-order valence-electron chi connectivity index (χ0n) is 13.7. The number of aromatic nitrogens is 1. The molecule has 0 fully saturated rings. The van der Waals surface area contributed by atoms with E-state index >= 15 is 0 Å². The normalized spacial score (nSPS) is 16.6. The van der Waals surface area contributed by atoms with Crippen LogP contribution in [-0.4, -0.2) is 11.0 Å². The van der Waals surface area contributed by atoms with Crippen molar-refractivity contribution in [3.63, 3.8) is 0 Å². The standard InChI is InChI=1S/C19H15NO5/c1-9-3-4-14-12(5-9)18(22)13(8-24-14)11-7-16(21)25-15-6-10(2)20-19(23)17(11)15/h3-6,8,11H,7H2,1-2H3,(H,20,23)/t11-/m1/s1. The van der Waals surface area contributed by atoms with Crippen molar-refractivity contribution in [2.24, 2.45) is 0 Å². The first-order valence-corrected chi connectivity index (χ1v) is 7.90. The molecule has 0 radical (unpaired) electrons. The van der Waals surface area contributed by atoms with Crippen molar-refractivity contribution >= 4 is 16.9 Å². The lowest BCUT2D eigenvalue weighted by Crippen LogP contribution is -2.30. The summed E-state index contributed by atoms with van der Waals surface area (Å²) in [4.78, 5) is 40.1. The van der Waals surface area contributed by atoms with Crippen LogP contribution in [0.3, 0.4) is 0 Å². The van der Waals surface area contributed by atoms with E-state index in [0.717, 1.165) is 5.56 Å². The van der Waals surface area contributed by atoms with Crippen LogP contribution < -0.4 is 15.7 Å². The van der Waals surface area contributed by atoms with Crippen LogP contribution in [0.15, 0.2) is 44.5 Å². The van der Waals surface area contributed by atoms with E-state index in [1.165, 1.54) is 6.26 Å². The summed E-state index contributed by atoms with van der Waals surface area (Å²) in [5.41, 5.74) is 1.93. The van der Waals surface area contributed by atoms with Gasteiger partial charge in [0.1, 0.15) is 11.3 Å². The van der Waals surface area contributed by atoms with E-state index in [0.29, 0.717) is 16.7 Å². The maximum Gasteiger partial charge on any atom is 0.312 e. The van der Waals surface area contributed by atoms with Crippen molar-refractivity contribution in [1.29, 1.82) is 0 Å². The number of carbonyl (C=O) groups is 1. The van der Waals surface area contributed by atoms with Gasteiger partial charge in [-0.25, -0.2) is 0 Å². The minimum absolute atomic E-state index is 0.0821. The van der Waals surface area contributed by atoms with Crippen molar-refractivity contribution in [2.75, 3.05) is 0 Å². The Labute approximate surface area is 142 Å². The molecular formula is C19H15NO5. The summed E-state index contributed by atoms with van der Waals surface area (Å²) in [5, 5.41) is 0.432. The van der Waals surface area contributed by atoms with Crippen LogP contribution >= 0.6 is 0 Å². The van der Waals surface area contributed by atoms with Crippen LogP contribution in [0.1, 0.15) is 34.7 Å². The van der Waals surface area contributed by atoms with E-state index < -0.39 is 11.9 Å². The number of nitrogens with one attached hydrogen (secondary N) is 1. The maximum absolute atomic E-state index is 13.0. The Hall–Kier alpha value is -3.15. The number of benzene rings is 1. The van der Waals surface area contributed by atoms with Crippen LogP contribution in [0, 0.1) is 13.8 Å². The Bertz CT molecular complexity index is 1140. The average molecular weight is 337 g/mol. The summed E-state index contributed by atoms with van der Waals surface area (Å²) in [5.74, 6) is -0.973. The number of fused-ring (bicyclic) bond motifs is 2. The highest BCUT2D eigenvalue weighted by Gasteiger charge is 2.33. The monoisotopic (exact) mass is 337 g/mol. The summed E-state index contributed by atoms with van der Waals surface area (Å²) in [6, 6.07) is 6.92. The smallest absolute Gasteiger partial charge is 0.312 e. The Morgan fingerprint density at radius 1 is 1.12 bits per heavy atom. The second-order valence-electron chi connectivity index (χ2n) is 6.31. The molecule has 1 N–H and O–H groups in total. The number of ether oxygens (including phenoxy) is 1. The number of aromatic amines is 1. The Morgan fingerprint density at radius 3 is 2.72 bits per heavy atom. The quantitative estimate of drug-likeness (QED) is 0.689. The van der Waals surface area contributed by atoms with Crippen LogP contribution in [0.4, 0.5) is 0 Å². The highest BCUT2D eigenvalue weighted by molar-refractivity contribution is 5.80. The van der Waals surface area contributed by atoms with Gasteiger partial charge in [-0.2, -0.15) is 0 Å². The van der Waals surface area contributed by atoms with Crippen molar-refractivity contribution in [2.45, 2.75) is 26.2 Å². The fraction of sp³-hybridized carbons (Fsp3) is 0.211. The molecule has 0 amide bonds. The van der Waals surface area contributed by atoms with Gasteiger partial charge in [0.25, 0.3) is 5.56 Å². The number of rotatable bonds is 1. The molecule has 0 saturated heterocycles. The molecule has 25 heavy (non-hydrogen) atoms. The molecular weight excluding hydrogens is 322 g/mol. The Balaban J connectivity index is 1.99. The van der Waals surface area contributed by atoms with Crippen LogP contribution in [-0.2, 0) is 4.79 Å². The third-order valence-corrected chi connectivity index (χ3v) is 4.44. The number of esters is 1. The predicted octanol–water partition coefficient (Wildman–Crippen LogP) is 2.54. The van der Waals surface area contributed by atoms with E-state index in [1.807, 2.05) is 13.0 Å². The maximum atomic E-state index is 13.0. The Kier molecular flexibility index (Phi) is 3.35. The lowest BCUT2D eigenvalue weighted by Gasteiger charge is -2.23. The SMILES string of the molecule is Cc1ccc2occ([C@H]3CC(=O)Oc4cc(C)[nH]c(=O)c43)c(=O)c2c1. The fourth-order valence-electron chi connectivity index (χ4n) is 3.28. The first-order valence-electron chi connectivity index (χ1n) is 7.90. The number of H-pyrrole nitrogens is 1. The van der Waals surface area contributed by atoms with Crippen LogP contribution in [0.25, 0.3) is 11.0 Å². The summed E-state index contributed by atoms with van der Waals surface area (Å²) < 4.78 is 10.8. The lowest BCUT2D eigenvalue weighted by molar-refractivity contribution is -0.135.